The molecule has 1 fully saturated rings. The van der Waals surface area contributed by atoms with Crippen LogP contribution in [0.3, 0.4) is 0 Å². The molecule has 0 aliphatic carbocycles. The molecule has 2 aromatic rings. The van der Waals surface area contributed by atoms with E-state index in [9.17, 15) is 8.42 Å². The lowest BCUT2D eigenvalue weighted by molar-refractivity contribution is 0.112. The first-order valence-electron chi connectivity index (χ1n) is 9.02. The van der Waals surface area contributed by atoms with Gasteiger partial charge in [0.05, 0.1) is 6.04 Å². The normalized spacial score (nSPS) is 22.0. The summed E-state index contributed by atoms with van der Waals surface area (Å²) in [5, 5.41) is 2.44. The molecule has 0 radical (unpaired) electrons. The fourth-order valence-corrected chi connectivity index (χ4v) is 5.45. The number of hydrazine groups is 1. The van der Waals surface area contributed by atoms with E-state index in [0.717, 1.165) is 11.1 Å². The van der Waals surface area contributed by atoms with Crippen LogP contribution in [-0.4, -0.2) is 48.8 Å². The van der Waals surface area contributed by atoms with Crippen molar-refractivity contribution in [2.45, 2.75) is 31.8 Å². The molecule has 146 valence electrons. The van der Waals surface area contributed by atoms with E-state index in [2.05, 4.69) is 12.1 Å². The van der Waals surface area contributed by atoms with Gasteiger partial charge in [-0.1, -0.05) is 54.1 Å². The highest BCUT2D eigenvalue weighted by Crippen LogP contribution is 2.44. The molecule has 0 aromatic heterocycles. The van der Waals surface area contributed by atoms with Gasteiger partial charge in [-0.15, -0.1) is 4.41 Å². The Morgan fingerprint density at radius 1 is 1.04 bits per heavy atom. The molecule has 0 N–H and O–H groups in total. The molecule has 1 aliphatic heterocycles. The third-order valence-corrected chi connectivity index (χ3v) is 7.56. The molecule has 0 saturated carbocycles. The van der Waals surface area contributed by atoms with Crippen molar-refractivity contribution >= 4 is 21.8 Å². The Kier molecular flexibility index (Phi) is 5.93. The fourth-order valence-electron chi connectivity index (χ4n) is 3.56. The van der Waals surface area contributed by atoms with E-state index < -0.39 is 10.2 Å². The maximum atomic E-state index is 13.4. The van der Waals surface area contributed by atoms with Crippen LogP contribution < -0.4 is 0 Å². The summed E-state index contributed by atoms with van der Waals surface area (Å²) in [4.78, 5) is 0. The summed E-state index contributed by atoms with van der Waals surface area (Å²) in [5.74, 6) is 0.0210. The Balaban J connectivity index is 2.12. The van der Waals surface area contributed by atoms with Gasteiger partial charge in [-0.2, -0.15) is 12.7 Å². The van der Waals surface area contributed by atoms with Gasteiger partial charge in [0.2, 0.25) is 0 Å². The maximum absolute atomic E-state index is 13.4. The van der Waals surface area contributed by atoms with Crippen molar-refractivity contribution in [3.05, 3.63) is 70.7 Å². The van der Waals surface area contributed by atoms with Crippen LogP contribution in [0.5, 0.6) is 0 Å². The molecule has 7 heteroatoms. The highest BCUT2D eigenvalue weighted by Gasteiger charge is 2.47. The predicted octanol–water partition coefficient (Wildman–Crippen LogP) is 3.91. The van der Waals surface area contributed by atoms with E-state index in [1.54, 1.807) is 7.05 Å². The quantitative estimate of drug-likeness (QED) is 0.754. The summed E-state index contributed by atoms with van der Waals surface area (Å²) in [6, 6.07) is 17.1. The lowest BCUT2D eigenvalue weighted by Gasteiger charge is -2.34. The van der Waals surface area contributed by atoms with Gasteiger partial charge in [0.25, 0.3) is 10.2 Å². The first-order valence-corrected chi connectivity index (χ1v) is 10.8. The number of likely N-dealkylation sites (N-methyl/N-ethyl adjacent to an activating group) is 1. The maximum Gasteiger partial charge on any atom is 0.295 e. The molecule has 2 unspecified atom stereocenters. The third-order valence-electron chi connectivity index (χ3n) is 5.18. The second-order valence-corrected chi connectivity index (χ2v) is 9.53. The Morgan fingerprint density at radius 2 is 1.63 bits per heavy atom. The summed E-state index contributed by atoms with van der Waals surface area (Å²) in [6.45, 7) is 4.36. The number of hydrogen-bond acceptors (Lipinski definition) is 3. The van der Waals surface area contributed by atoms with Gasteiger partial charge in [-0.25, -0.2) is 5.01 Å². The van der Waals surface area contributed by atoms with Gasteiger partial charge in [-0.05, 0) is 37.1 Å². The Hall–Kier alpha value is -1.44. The number of hydrogen-bond donors (Lipinski definition) is 0. The zero-order chi connectivity index (χ0) is 19.8. The minimum Gasteiger partial charge on any atom is -0.229 e. The molecule has 27 heavy (non-hydrogen) atoms. The second kappa shape index (κ2) is 7.89. The first kappa shape index (κ1) is 20.3. The molecule has 1 heterocycles. The third kappa shape index (κ3) is 3.91. The summed E-state index contributed by atoms with van der Waals surface area (Å²) in [6.07, 6.45) is 0. The molecule has 2 aromatic carbocycles. The topological polar surface area (TPSA) is 43.9 Å². The largest absolute Gasteiger partial charge is 0.295 e. The van der Waals surface area contributed by atoms with Crippen LogP contribution >= 0.6 is 11.6 Å². The zero-order valence-corrected chi connectivity index (χ0v) is 17.7. The molecular weight excluding hydrogens is 382 g/mol. The van der Waals surface area contributed by atoms with Crippen LogP contribution in [0, 0.1) is 0 Å². The standard InChI is InChI=1S/C20H26ClN3O2S/c1-15(2)23(4)27(25,26)24-20(17-10-12-18(21)13-11-17)19(14-22(24)3)16-8-6-5-7-9-16/h5-13,15,19-20H,14H2,1-4H3. The summed E-state index contributed by atoms with van der Waals surface area (Å²) >= 11 is 6.07. The number of nitrogens with zero attached hydrogens (tertiary/aromatic N) is 3. The summed E-state index contributed by atoms with van der Waals surface area (Å²) in [5.41, 5.74) is 2.05. The van der Waals surface area contributed by atoms with Crippen molar-refractivity contribution in [1.29, 1.82) is 0 Å². The summed E-state index contributed by atoms with van der Waals surface area (Å²) in [7, 11) is -0.217. The Morgan fingerprint density at radius 3 is 2.19 bits per heavy atom. The smallest absolute Gasteiger partial charge is 0.229 e. The number of halogens is 1. The van der Waals surface area contributed by atoms with Gasteiger partial charge in [0.1, 0.15) is 0 Å². The monoisotopic (exact) mass is 407 g/mol. The summed E-state index contributed by atoms with van der Waals surface area (Å²) < 4.78 is 29.7. The molecule has 0 amide bonds. The van der Waals surface area contributed by atoms with Crippen LogP contribution in [0.25, 0.3) is 0 Å². The predicted molar refractivity (Wildman–Crippen MR) is 110 cm³/mol. The highest BCUT2D eigenvalue weighted by molar-refractivity contribution is 7.86. The average Bonchev–Trinajstić information content (AvgIpc) is 3.00. The molecule has 3 rings (SSSR count). The van der Waals surface area contributed by atoms with E-state index in [1.165, 1.54) is 8.72 Å². The number of rotatable bonds is 5. The van der Waals surface area contributed by atoms with E-state index in [4.69, 9.17) is 11.6 Å². The van der Waals surface area contributed by atoms with E-state index in [-0.39, 0.29) is 18.0 Å². The molecular formula is C20H26ClN3O2S. The van der Waals surface area contributed by atoms with E-state index >= 15 is 0 Å². The van der Waals surface area contributed by atoms with Crippen LogP contribution in [0.15, 0.2) is 54.6 Å². The van der Waals surface area contributed by atoms with Crippen molar-refractivity contribution in [2.24, 2.45) is 0 Å². The van der Waals surface area contributed by atoms with Gasteiger partial charge in [0.15, 0.2) is 0 Å². The highest BCUT2D eigenvalue weighted by atomic mass is 35.5. The van der Waals surface area contributed by atoms with Gasteiger partial charge in [0, 0.05) is 37.6 Å². The lowest BCUT2D eigenvalue weighted by atomic mass is 9.89. The zero-order valence-electron chi connectivity index (χ0n) is 16.1. The molecule has 1 aliphatic rings. The van der Waals surface area contributed by atoms with Gasteiger partial charge >= 0.3 is 0 Å². The van der Waals surface area contributed by atoms with Crippen molar-refractivity contribution in [3.63, 3.8) is 0 Å². The van der Waals surface area contributed by atoms with Crippen LogP contribution in [0.4, 0.5) is 0 Å². The van der Waals surface area contributed by atoms with E-state index in [1.807, 2.05) is 68.4 Å². The minimum absolute atomic E-state index is 0.0210. The lowest BCUT2D eigenvalue weighted by Crippen LogP contribution is -2.49. The molecule has 1 saturated heterocycles. The van der Waals surface area contributed by atoms with Gasteiger partial charge in [-0.3, -0.25) is 0 Å². The van der Waals surface area contributed by atoms with Crippen LogP contribution in [0.1, 0.15) is 36.9 Å². The van der Waals surface area contributed by atoms with E-state index in [0.29, 0.717) is 11.6 Å². The molecule has 0 bridgehead atoms. The van der Waals surface area contributed by atoms with Crippen molar-refractivity contribution < 1.29 is 8.42 Å². The SMILES string of the molecule is CC(C)N(C)S(=O)(=O)N1C(c2ccc(Cl)cc2)C(c2ccccc2)CN1C. The molecule has 2 atom stereocenters. The van der Waals surface area contributed by atoms with Crippen molar-refractivity contribution in [3.8, 4) is 0 Å². The number of benzene rings is 2. The average molecular weight is 408 g/mol. The Bertz CT molecular complexity index is 872. The van der Waals surface area contributed by atoms with Crippen molar-refractivity contribution in [1.82, 2.24) is 13.7 Å². The Labute approximate surface area is 167 Å². The molecule has 0 spiro atoms. The second-order valence-electron chi connectivity index (χ2n) is 7.24. The minimum atomic E-state index is -3.68. The van der Waals surface area contributed by atoms with Gasteiger partial charge < -0.3 is 0 Å². The molecule has 5 nitrogen and oxygen atoms in total. The van der Waals surface area contributed by atoms with Crippen LogP contribution in [-0.2, 0) is 10.2 Å². The van der Waals surface area contributed by atoms with Crippen LogP contribution in [0.2, 0.25) is 5.02 Å². The van der Waals surface area contributed by atoms with Crippen molar-refractivity contribution in [2.75, 3.05) is 20.6 Å². The fraction of sp³-hybridized carbons (Fsp3) is 0.400. The first-order chi connectivity index (χ1) is 12.7.